The summed E-state index contributed by atoms with van der Waals surface area (Å²) in [7, 11) is 0. The number of carbonyl (C=O) groups excluding carboxylic acids is 5. The molecule has 0 radical (unpaired) electrons. The number of aromatic amines is 1. The van der Waals surface area contributed by atoms with Gasteiger partial charge in [-0.15, -0.1) is 0 Å². The summed E-state index contributed by atoms with van der Waals surface area (Å²) in [4.78, 5) is 77.4. The molecular weight excluding hydrogens is 490 g/mol. The lowest BCUT2D eigenvalue weighted by molar-refractivity contribution is -0.247. The van der Waals surface area contributed by atoms with Crippen LogP contribution in [0.4, 0.5) is 5.82 Å². The van der Waals surface area contributed by atoms with E-state index >= 15 is 0 Å². The number of esters is 4. The average molecular weight is 515 g/mol. The number of thioether (sulfide) groups is 1. The summed E-state index contributed by atoms with van der Waals surface area (Å²) in [5, 5.41) is 2.88. The minimum atomic E-state index is -1.44. The third-order valence-corrected chi connectivity index (χ3v) is 5.09. The Morgan fingerprint density at radius 1 is 1.00 bits per heavy atom. The molecule has 0 aliphatic carbocycles. The summed E-state index contributed by atoms with van der Waals surface area (Å²) in [6.07, 6.45) is -4.91. The molecule has 35 heavy (non-hydrogen) atoms. The molecule has 0 saturated carbocycles. The second kappa shape index (κ2) is 12.3. The third-order valence-electron chi connectivity index (χ3n) is 4.51. The van der Waals surface area contributed by atoms with Crippen molar-refractivity contribution in [2.24, 2.45) is 0 Å². The lowest BCUT2D eigenvalue weighted by atomic mass is 9.97. The van der Waals surface area contributed by atoms with Gasteiger partial charge in [0.25, 0.3) is 5.56 Å². The zero-order valence-corrected chi connectivity index (χ0v) is 20.3. The van der Waals surface area contributed by atoms with Crippen molar-refractivity contribution < 1.29 is 47.7 Å². The first-order chi connectivity index (χ1) is 16.5. The normalized spacial score (nSPS) is 23.5. The molecule has 0 spiro atoms. The van der Waals surface area contributed by atoms with Crippen LogP contribution in [0.15, 0.2) is 9.95 Å². The maximum atomic E-state index is 12.3. The predicted octanol–water partition coefficient (Wildman–Crippen LogP) is -0.201. The Bertz CT molecular complexity index is 1040. The fourth-order valence-electron chi connectivity index (χ4n) is 3.26. The zero-order chi connectivity index (χ0) is 26.3. The average Bonchev–Trinajstić information content (AvgIpc) is 2.75. The standard InChI is InChI=1S/C20H25N3O11S/c1-8(25)30-7-13-14(31-9(2)26)15(32-10(3)27)16(33-11(4)28)19(34-13)21-17-12(6-24)18(29)23-20(22-17)35-5/h6,13-16,19H,7H2,1-5H3,(H2,21,22,23,29). The van der Waals surface area contributed by atoms with Gasteiger partial charge in [0, 0.05) is 27.7 Å². The van der Waals surface area contributed by atoms with Crippen LogP contribution in [0.3, 0.4) is 0 Å². The van der Waals surface area contributed by atoms with Crippen LogP contribution in [0.25, 0.3) is 0 Å². The van der Waals surface area contributed by atoms with E-state index in [1.807, 2.05) is 0 Å². The van der Waals surface area contributed by atoms with Gasteiger partial charge in [-0.05, 0) is 6.26 Å². The Labute approximate surface area is 203 Å². The molecule has 0 bridgehead atoms. The molecule has 192 valence electrons. The number of ether oxygens (including phenoxy) is 5. The lowest BCUT2D eigenvalue weighted by Gasteiger charge is -2.44. The van der Waals surface area contributed by atoms with Gasteiger partial charge in [0.05, 0.1) is 0 Å². The van der Waals surface area contributed by atoms with Crippen molar-refractivity contribution in [1.82, 2.24) is 9.97 Å². The number of carbonyl (C=O) groups is 5. The summed E-state index contributed by atoms with van der Waals surface area (Å²) in [5.41, 5.74) is -1.12. The molecule has 1 fully saturated rings. The Morgan fingerprint density at radius 3 is 2.09 bits per heavy atom. The van der Waals surface area contributed by atoms with Crippen LogP contribution >= 0.6 is 11.8 Å². The van der Waals surface area contributed by atoms with Gasteiger partial charge in [-0.1, -0.05) is 11.8 Å². The second-order valence-electron chi connectivity index (χ2n) is 7.22. The number of rotatable bonds is 9. The number of H-pyrrole nitrogens is 1. The Hall–Kier alpha value is -3.46. The van der Waals surface area contributed by atoms with E-state index in [1.165, 1.54) is 0 Å². The van der Waals surface area contributed by atoms with E-state index in [2.05, 4.69) is 15.3 Å². The summed E-state index contributed by atoms with van der Waals surface area (Å²) >= 11 is 1.08. The van der Waals surface area contributed by atoms with Crippen molar-refractivity contribution in [3.63, 3.8) is 0 Å². The number of nitrogens with one attached hydrogen (secondary N) is 2. The van der Waals surface area contributed by atoms with Gasteiger partial charge in [-0.3, -0.25) is 28.8 Å². The molecule has 1 aliphatic heterocycles. The molecule has 1 saturated heterocycles. The van der Waals surface area contributed by atoms with Crippen molar-refractivity contribution in [3.05, 3.63) is 15.9 Å². The van der Waals surface area contributed by atoms with Gasteiger partial charge >= 0.3 is 23.9 Å². The number of nitrogens with zero attached hydrogens (tertiary/aromatic N) is 1. The van der Waals surface area contributed by atoms with Crippen LogP contribution in [-0.2, 0) is 42.9 Å². The molecule has 5 atom stereocenters. The highest BCUT2D eigenvalue weighted by atomic mass is 32.2. The molecule has 2 N–H and O–H groups in total. The first-order valence-corrected chi connectivity index (χ1v) is 11.4. The molecule has 2 rings (SSSR count). The van der Waals surface area contributed by atoms with E-state index in [0.29, 0.717) is 0 Å². The van der Waals surface area contributed by atoms with Gasteiger partial charge < -0.3 is 34.0 Å². The summed E-state index contributed by atoms with van der Waals surface area (Å²) in [6.45, 7) is 3.98. The van der Waals surface area contributed by atoms with Crippen LogP contribution in [0.2, 0.25) is 0 Å². The molecule has 15 heteroatoms. The van der Waals surface area contributed by atoms with Crippen molar-refractivity contribution >= 4 is 47.7 Å². The minimum absolute atomic E-state index is 0.161. The molecule has 14 nitrogen and oxygen atoms in total. The van der Waals surface area contributed by atoms with Gasteiger partial charge in [-0.25, -0.2) is 4.98 Å². The Balaban J connectivity index is 2.59. The molecular formula is C20H25N3O11S. The fraction of sp³-hybridized carbons (Fsp3) is 0.550. The van der Waals surface area contributed by atoms with Crippen LogP contribution in [0.5, 0.6) is 0 Å². The van der Waals surface area contributed by atoms with Gasteiger partial charge in [-0.2, -0.15) is 0 Å². The van der Waals surface area contributed by atoms with E-state index in [0.717, 1.165) is 39.5 Å². The fourth-order valence-corrected chi connectivity index (χ4v) is 3.63. The summed E-state index contributed by atoms with van der Waals surface area (Å²) < 4.78 is 26.8. The highest BCUT2D eigenvalue weighted by Gasteiger charge is 2.52. The first-order valence-electron chi connectivity index (χ1n) is 10.2. The summed E-state index contributed by atoms with van der Waals surface area (Å²) in [6, 6.07) is 0. The van der Waals surface area contributed by atoms with Crippen molar-refractivity contribution in [1.29, 1.82) is 0 Å². The largest absolute Gasteiger partial charge is 0.463 e. The maximum absolute atomic E-state index is 12.3. The first kappa shape index (κ1) is 27.8. The predicted molar refractivity (Wildman–Crippen MR) is 118 cm³/mol. The smallest absolute Gasteiger partial charge is 0.303 e. The molecule has 5 unspecified atom stereocenters. The van der Waals surface area contributed by atoms with Gasteiger partial charge in [0.15, 0.2) is 36.0 Å². The van der Waals surface area contributed by atoms with E-state index in [1.54, 1.807) is 6.26 Å². The monoisotopic (exact) mass is 515 g/mol. The lowest BCUT2D eigenvalue weighted by Crippen LogP contribution is -2.64. The number of anilines is 1. The maximum Gasteiger partial charge on any atom is 0.303 e. The number of aldehydes is 1. The minimum Gasteiger partial charge on any atom is -0.463 e. The number of hydrogen-bond acceptors (Lipinski definition) is 14. The van der Waals surface area contributed by atoms with Crippen molar-refractivity contribution in [3.8, 4) is 0 Å². The molecule has 1 aromatic heterocycles. The van der Waals surface area contributed by atoms with Crippen LogP contribution in [-0.4, -0.2) is 83.6 Å². The zero-order valence-electron chi connectivity index (χ0n) is 19.5. The highest BCUT2D eigenvalue weighted by molar-refractivity contribution is 7.98. The SMILES string of the molecule is CSc1nc(NC2OC(COC(C)=O)C(OC(C)=O)C(OC(C)=O)C2OC(C)=O)c(C=O)c(=O)[nH]1. The van der Waals surface area contributed by atoms with Gasteiger partial charge in [0.2, 0.25) is 0 Å². The summed E-state index contributed by atoms with van der Waals surface area (Å²) in [5.74, 6) is -3.27. The molecule has 1 aromatic rings. The topological polar surface area (TPSA) is 189 Å². The van der Waals surface area contributed by atoms with Crippen molar-refractivity contribution in [2.45, 2.75) is 63.5 Å². The molecule has 1 aliphatic rings. The Morgan fingerprint density at radius 2 is 1.57 bits per heavy atom. The quantitative estimate of drug-likeness (QED) is 0.144. The molecule has 0 aromatic carbocycles. The van der Waals surface area contributed by atoms with Crippen LogP contribution < -0.4 is 10.9 Å². The molecule has 2 heterocycles. The van der Waals surface area contributed by atoms with E-state index in [4.69, 9.17) is 23.7 Å². The van der Waals surface area contributed by atoms with Crippen LogP contribution in [0, 0.1) is 0 Å². The third kappa shape index (κ3) is 7.51. The van der Waals surface area contributed by atoms with E-state index in [-0.39, 0.29) is 22.8 Å². The second-order valence-corrected chi connectivity index (χ2v) is 8.01. The Kier molecular flexibility index (Phi) is 9.77. The number of aromatic nitrogens is 2. The van der Waals surface area contributed by atoms with Crippen molar-refractivity contribution in [2.75, 3.05) is 18.2 Å². The van der Waals surface area contributed by atoms with Crippen LogP contribution in [0.1, 0.15) is 38.1 Å². The van der Waals surface area contributed by atoms with E-state index < -0.39 is 66.7 Å². The van der Waals surface area contributed by atoms with Gasteiger partial charge in [0.1, 0.15) is 24.1 Å². The molecule has 0 amide bonds. The van der Waals surface area contributed by atoms with E-state index in [9.17, 15) is 28.8 Å². The highest BCUT2D eigenvalue weighted by Crippen LogP contribution is 2.30. The number of hydrogen-bond donors (Lipinski definition) is 2.